The van der Waals surface area contributed by atoms with Crippen LogP contribution in [-0.2, 0) is 0 Å². The molecular weight excluding hydrogens is 224 g/mol. The summed E-state index contributed by atoms with van der Waals surface area (Å²) in [5.74, 6) is 0. The number of nitro groups is 1. The van der Waals surface area contributed by atoms with Gasteiger partial charge in [0.2, 0.25) is 0 Å². The van der Waals surface area contributed by atoms with Gasteiger partial charge in [-0.2, -0.15) is 0 Å². The smallest absolute Gasteiger partial charge is 0.263 e. The molecule has 0 atom stereocenters. The van der Waals surface area contributed by atoms with Crippen LogP contribution in [0.2, 0.25) is 0 Å². The number of oxime groups is 1. The molecule has 0 saturated carbocycles. The molecule has 0 radical (unpaired) electrons. The van der Waals surface area contributed by atoms with E-state index in [0.29, 0.717) is 9.28 Å². The van der Waals surface area contributed by atoms with Crippen molar-refractivity contribution in [3.63, 3.8) is 0 Å². The van der Waals surface area contributed by atoms with Crippen molar-refractivity contribution in [2.75, 3.05) is 0 Å². The van der Waals surface area contributed by atoms with Gasteiger partial charge in [0.05, 0.1) is 9.67 Å². The van der Waals surface area contributed by atoms with Gasteiger partial charge in [-0.25, -0.2) is 0 Å². The summed E-state index contributed by atoms with van der Waals surface area (Å²) in [5.41, 5.74) is 0.103. The molecule has 78 valence electrons. The summed E-state index contributed by atoms with van der Waals surface area (Å²) in [6.45, 7) is 5.17. The molecule has 14 heavy (non-hydrogen) atoms. The lowest BCUT2D eigenvalue weighted by molar-refractivity contribution is -0.424. The largest absolute Gasteiger partial charge is 0.410 e. The van der Waals surface area contributed by atoms with Gasteiger partial charge < -0.3 is 5.21 Å². The minimum Gasteiger partial charge on any atom is -0.410 e. The maximum Gasteiger partial charge on any atom is 0.263 e. The highest BCUT2D eigenvalue weighted by atomic mass is 32.2. The Hall–Kier alpha value is -0.690. The van der Waals surface area contributed by atoms with Crippen LogP contribution in [0.1, 0.15) is 20.8 Å². The molecule has 1 saturated heterocycles. The first-order valence-electron chi connectivity index (χ1n) is 3.83. The summed E-state index contributed by atoms with van der Waals surface area (Å²) < 4.78 is 0.208. The van der Waals surface area contributed by atoms with Gasteiger partial charge in [-0.3, -0.25) is 10.1 Å². The Bertz CT molecular complexity index is 336. The van der Waals surface area contributed by atoms with Gasteiger partial charge in [-0.15, -0.1) is 0 Å². The van der Waals surface area contributed by atoms with Crippen molar-refractivity contribution >= 4 is 28.6 Å². The monoisotopic (exact) mass is 234 g/mol. The number of rotatable bonds is 1. The van der Waals surface area contributed by atoms with Crippen LogP contribution in [0, 0.1) is 10.1 Å². The van der Waals surface area contributed by atoms with Crippen molar-refractivity contribution in [1.29, 1.82) is 0 Å². The van der Waals surface area contributed by atoms with Gasteiger partial charge in [-0.05, 0) is 13.8 Å². The standard InChI is InChI=1S/C7H10N2O3S2/c1-4(9(11)12)5-13-6(8-10)7(2,3)14-5/h10H,1-3H3/b5-4+,8-6-. The first-order chi connectivity index (χ1) is 6.38. The molecule has 0 unspecified atom stereocenters. The highest BCUT2D eigenvalue weighted by molar-refractivity contribution is 8.35. The highest BCUT2D eigenvalue weighted by Crippen LogP contribution is 2.51. The van der Waals surface area contributed by atoms with E-state index in [0.717, 1.165) is 11.8 Å². The Morgan fingerprint density at radius 2 is 2.21 bits per heavy atom. The Morgan fingerprint density at radius 3 is 2.57 bits per heavy atom. The van der Waals surface area contributed by atoms with Gasteiger partial charge in [0.15, 0.2) is 0 Å². The molecule has 0 spiro atoms. The number of nitrogens with zero attached hydrogens (tertiary/aromatic N) is 2. The van der Waals surface area contributed by atoms with E-state index in [1.165, 1.54) is 18.7 Å². The molecular formula is C7H10N2O3S2. The van der Waals surface area contributed by atoms with Crippen LogP contribution in [-0.4, -0.2) is 19.9 Å². The molecule has 1 aliphatic rings. The fourth-order valence-electron chi connectivity index (χ4n) is 0.870. The van der Waals surface area contributed by atoms with Gasteiger partial charge in [-0.1, -0.05) is 28.7 Å². The molecule has 1 rings (SSSR count). The van der Waals surface area contributed by atoms with Crippen LogP contribution in [0.25, 0.3) is 0 Å². The first kappa shape index (κ1) is 11.4. The number of thioether (sulfide) groups is 2. The highest BCUT2D eigenvalue weighted by Gasteiger charge is 2.39. The van der Waals surface area contributed by atoms with E-state index in [2.05, 4.69) is 5.16 Å². The predicted molar refractivity (Wildman–Crippen MR) is 58.2 cm³/mol. The lowest BCUT2D eigenvalue weighted by atomic mass is 10.2. The van der Waals surface area contributed by atoms with Crippen LogP contribution in [0.4, 0.5) is 0 Å². The van der Waals surface area contributed by atoms with Crippen LogP contribution in [0.3, 0.4) is 0 Å². The molecule has 1 N–H and O–H groups in total. The maximum atomic E-state index is 10.5. The SMILES string of the molecule is C/C(=C1/S/C(=N\O)C(C)(C)S1)[N+](=O)[O-]. The second-order valence-corrected chi connectivity index (χ2v) is 6.14. The molecule has 0 aromatic carbocycles. The van der Waals surface area contributed by atoms with Crippen molar-refractivity contribution in [2.24, 2.45) is 5.16 Å². The predicted octanol–water partition coefficient (Wildman–Crippen LogP) is 2.50. The van der Waals surface area contributed by atoms with E-state index in [-0.39, 0.29) is 10.4 Å². The van der Waals surface area contributed by atoms with Gasteiger partial charge in [0, 0.05) is 6.92 Å². The van der Waals surface area contributed by atoms with Gasteiger partial charge >= 0.3 is 0 Å². The number of allylic oxidation sites excluding steroid dienone is 1. The zero-order chi connectivity index (χ0) is 10.9. The number of hydrogen-bond donors (Lipinski definition) is 1. The summed E-state index contributed by atoms with van der Waals surface area (Å²) in [5, 5.41) is 22.8. The quantitative estimate of drug-likeness (QED) is 0.428. The molecule has 1 heterocycles. The van der Waals surface area contributed by atoms with Crippen molar-refractivity contribution in [3.8, 4) is 0 Å². The van der Waals surface area contributed by atoms with E-state index < -0.39 is 4.92 Å². The average molecular weight is 234 g/mol. The third kappa shape index (κ3) is 2.03. The van der Waals surface area contributed by atoms with Gasteiger partial charge in [0.25, 0.3) is 5.70 Å². The molecule has 0 aromatic rings. The second-order valence-electron chi connectivity index (χ2n) is 3.25. The molecule has 1 fully saturated rings. The van der Waals surface area contributed by atoms with Crippen LogP contribution < -0.4 is 0 Å². The van der Waals surface area contributed by atoms with Gasteiger partial charge in [0.1, 0.15) is 9.28 Å². The minimum absolute atomic E-state index is 0.103. The molecule has 0 bridgehead atoms. The Balaban J connectivity index is 3.04. The topological polar surface area (TPSA) is 75.7 Å². The third-order valence-corrected chi connectivity index (χ3v) is 4.79. The Morgan fingerprint density at radius 1 is 1.64 bits per heavy atom. The van der Waals surface area contributed by atoms with E-state index in [4.69, 9.17) is 5.21 Å². The zero-order valence-electron chi connectivity index (χ0n) is 7.97. The number of hydrogen-bond acceptors (Lipinski definition) is 6. The molecule has 0 aromatic heterocycles. The molecule has 7 heteroatoms. The molecule has 1 aliphatic heterocycles. The Labute approximate surface area is 89.8 Å². The maximum absolute atomic E-state index is 10.5. The average Bonchev–Trinajstić information content (AvgIpc) is 2.39. The molecule has 0 aliphatic carbocycles. The summed E-state index contributed by atoms with van der Waals surface area (Å²) in [6, 6.07) is 0. The molecule has 5 nitrogen and oxygen atoms in total. The van der Waals surface area contributed by atoms with E-state index in [1.54, 1.807) is 0 Å². The second kappa shape index (κ2) is 3.82. The summed E-state index contributed by atoms with van der Waals surface area (Å²) >= 11 is 2.50. The molecule has 0 amide bonds. The van der Waals surface area contributed by atoms with Crippen molar-refractivity contribution in [2.45, 2.75) is 25.5 Å². The van der Waals surface area contributed by atoms with Crippen molar-refractivity contribution in [3.05, 3.63) is 20.0 Å². The fourth-order valence-corrected chi connectivity index (χ4v) is 3.65. The van der Waals surface area contributed by atoms with E-state index in [9.17, 15) is 10.1 Å². The summed E-state index contributed by atoms with van der Waals surface area (Å²) in [6.07, 6.45) is 0. The van der Waals surface area contributed by atoms with Crippen LogP contribution in [0.5, 0.6) is 0 Å². The third-order valence-electron chi connectivity index (χ3n) is 1.71. The van der Waals surface area contributed by atoms with E-state index in [1.807, 2.05) is 13.8 Å². The Kier molecular flexibility index (Phi) is 3.10. The fraction of sp³-hybridized carbons (Fsp3) is 0.571. The van der Waals surface area contributed by atoms with Crippen LogP contribution >= 0.6 is 23.5 Å². The zero-order valence-corrected chi connectivity index (χ0v) is 9.61. The summed E-state index contributed by atoms with van der Waals surface area (Å²) in [7, 11) is 0. The van der Waals surface area contributed by atoms with Crippen LogP contribution in [0.15, 0.2) is 15.1 Å². The van der Waals surface area contributed by atoms with Crippen molar-refractivity contribution < 1.29 is 10.1 Å². The first-order valence-corrected chi connectivity index (χ1v) is 5.46. The minimum atomic E-state index is -0.425. The normalized spacial score (nSPS) is 26.6. The summed E-state index contributed by atoms with van der Waals surface area (Å²) in [4.78, 5) is 10.1. The lowest BCUT2D eigenvalue weighted by Crippen LogP contribution is -2.19. The van der Waals surface area contributed by atoms with E-state index >= 15 is 0 Å². The lowest BCUT2D eigenvalue weighted by Gasteiger charge is -2.12. The van der Waals surface area contributed by atoms with Crippen molar-refractivity contribution in [1.82, 2.24) is 0 Å².